The van der Waals surface area contributed by atoms with E-state index in [0.717, 1.165) is 42.5 Å². The molecule has 1 amide bonds. The Labute approximate surface area is 124 Å². The highest BCUT2D eigenvalue weighted by molar-refractivity contribution is 5.97. The third kappa shape index (κ3) is 3.07. The van der Waals surface area contributed by atoms with Gasteiger partial charge in [0.1, 0.15) is 0 Å². The molecule has 1 fully saturated rings. The predicted molar refractivity (Wildman–Crippen MR) is 81.2 cm³/mol. The maximum absolute atomic E-state index is 12.5. The van der Waals surface area contributed by atoms with Crippen molar-refractivity contribution in [3.63, 3.8) is 0 Å². The smallest absolute Gasteiger partial charge is 0.253 e. The van der Waals surface area contributed by atoms with Crippen LogP contribution in [0.2, 0.25) is 0 Å². The van der Waals surface area contributed by atoms with Gasteiger partial charge in [-0.25, -0.2) is 0 Å². The topological polar surface area (TPSA) is 46.1 Å². The molecule has 2 aromatic rings. The molecule has 1 aliphatic heterocycles. The molecule has 1 aromatic heterocycles. The minimum Gasteiger partial charge on any atom is -0.339 e. The fourth-order valence-electron chi connectivity index (χ4n) is 2.55. The molecule has 0 radical (unpaired) electrons. The van der Waals surface area contributed by atoms with Gasteiger partial charge in [0, 0.05) is 31.0 Å². The summed E-state index contributed by atoms with van der Waals surface area (Å²) in [7, 11) is 0. The number of fused-ring (bicyclic) bond motifs is 1. The number of likely N-dealkylation sites (tertiary alicyclic amines) is 1. The van der Waals surface area contributed by atoms with Crippen LogP contribution >= 0.6 is 12.4 Å². The Bertz CT molecular complexity index is 594. The molecular formula is C15H18ClN3O. The van der Waals surface area contributed by atoms with E-state index in [1.165, 1.54) is 12.8 Å². The lowest BCUT2D eigenvalue weighted by Gasteiger charge is -2.20. The van der Waals surface area contributed by atoms with Crippen LogP contribution in [0.25, 0.3) is 11.0 Å². The van der Waals surface area contributed by atoms with E-state index >= 15 is 0 Å². The van der Waals surface area contributed by atoms with Gasteiger partial charge in [-0.2, -0.15) is 0 Å². The Morgan fingerprint density at radius 2 is 1.60 bits per heavy atom. The van der Waals surface area contributed by atoms with E-state index in [9.17, 15) is 4.79 Å². The van der Waals surface area contributed by atoms with Gasteiger partial charge < -0.3 is 4.90 Å². The summed E-state index contributed by atoms with van der Waals surface area (Å²) in [6.45, 7) is 1.74. The first kappa shape index (κ1) is 14.7. The van der Waals surface area contributed by atoms with Crippen molar-refractivity contribution in [2.24, 2.45) is 0 Å². The third-order valence-electron chi connectivity index (χ3n) is 3.61. The third-order valence-corrected chi connectivity index (χ3v) is 3.61. The summed E-state index contributed by atoms with van der Waals surface area (Å²) in [6.07, 6.45) is 8.00. The molecular weight excluding hydrogens is 274 g/mol. The number of aromatic nitrogens is 2. The summed E-state index contributed by atoms with van der Waals surface area (Å²) in [5.74, 6) is 0.120. The molecule has 1 aromatic carbocycles. The molecule has 0 aliphatic carbocycles. The number of nitrogens with zero attached hydrogens (tertiary/aromatic N) is 3. The van der Waals surface area contributed by atoms with Crippen LogP contribution in [-0.2, 0) is 0 Å². The van der Waals surface area contributed by atoms with Gasteiger partial charge in [-0.05, 0) is 31.0 Å². The maximum Gasteiger partial charge on any atom is 0.253 e. The Morgan fingerprint density at radius 1 is 0.950 bits per heavy atom. The number of hydrogen-bond donors (Lipinski definition) is 0. The molecule has 106 valence electrons. The molecule has 3 rings (SSSR count). The quantitative estimate of drug-likeness (QED) is 0.811. The SMILES string of the molecule is Cl.O=C(c1ccc2nccnc2c1)N1CCCCCC1. The molecule has 0 bridgehead atoms. The van der Waals surface area contributed by atoms with Crippen LogP contribution in [0.5, 0.6) is 0 Å². The fraction of sp³-hybridized carbons (Fsp3) is 0.400. The number of hydrogen-bond acceptors (Lipinski definition) is 3. The molecule has 20 heavy (non-hydrogen) atoms. The maximum atomic E-state index is 12.5. The summed E-state index contributed by atoms with van der Waals surface area (Å²) in [4.78, 5) is 22.9. The summed E-state index contributed by atoms with van der Waals surface area (Å²) in [6, 6.07) is 5.56. The summed E-state index contributed by atoms with van der Waals surface area (Å²) in [5.41, 5.74) is 2.33. The first-order valence-electron chi connectivity index (χ1n) is 6.85. The van der Waals surface area contributed by atoms with Crippen LogP contribution in [-0.4, -0.2) is 33.9 Å². The lowest BCUT2D eigenvalue weighted by Crippen LogP contribution is -2.31. The second kappa shape index (κ2) is 6.66. The van der Waals surface area contributed by atoms with Crippen molar-refractivity contribution in [1.82, 2.24) is 14.9 Å². The Hall–Kier alpha value is -1.68. The Kier molecular flexibility index (Phi) is 4.90. The second-order valence-corrected chi connectivity index (χ2v) is 4.97. The molecule has 5 heteroatoms. The van der Waals surface area contributed by atoms with Crippen LogP contribution < -0.4 is 0 Å². The van der Waals surface area contributed by atoms with Gasteiger partial charge in [0.05, 0.1) is 11.0 Å². The highest BCUT2D eigenvalue weighted by Crippen LogP contribution is 2.16. The Morgan fingerprint density at radius 3 is 2.30 bits per heavy atom. The van der Waals surface area contributed by atoms with Crippen molar-refractivity contribution in [3.05, 3.63) is 36.2 Å². The highest BCUT2D eigenvalue weighted by Gasteiger charge is 2.17. The molecule has 0 unspecified atom stereocenters. The largest absolute Gasteiger partial charge is 0.339 e. The van der Waals surface area contributed by atoms with E-state index in [0.29, 0.717) is 0 Å². The van der Waals surface area contributed by atoms with Gasteiger partial charge in [0.15, 0.2) is 0 Å². The van der Waals surface area contributed by atoms with Crippen molar-refractivity contribution in [2.75, 3.05) is 13.1 Å². The van der Waals surface area contributed by atoms with Gasteiger partial charge >= 0.3 is 0 Å². The van der Waals surface area contributed by atoms with Crippen LogP contribution in [0.3, 0.4) is 0 Å². The van der Waals surface area contributed by atoms with E-state index < -0.39 is 0 Å². The zero-order chi connectivity index (χ0) is 13.1. The average Bonchev–Trinajstić information content (AvgIpc) is 2.75. The first-order valence-corrected chi connectivity index (χ1v) is 6.85. The Balaban J connectivity index is 0.00000147. The summed E-state index contributed by atoms with van der Waals surface area (Å²) in [5, 5.41) is 0. The van der Waals surface area contributed by atoms with E-state index in [4.69, 9.17) is 0 Å². The predicted octanol–water partition coefficient (Wildman–Crippen LogP) is 3.07. The summed E-state index contributed by atoms with van der Waals surface area (Å²) >= 11 is 0. The number of carbonyl (C=O) groups excluding carboxylic acids is 1. The van der Waals surface area contributed by atoms with Gasteiger partial charge in [-0.1, -0.05) is 12.8 Å². The van der Waals surface area contributed by atoms with Crippen molar-refractivity contribution in [2.45, 2.75) is 25.7 Å². The molecule has 2 heterocycles. The molecule has 0 atom stereocenters. The lowest BCUT2D eigenvalue weighted by molar-refractivity contribution is 0.0762. The average molecular weight is 292 g/mol. The number of rotatable bonds is 1. The van der Waals surface area contributed by atoms with Crippen LogP contribution in [0.15, 0.2) is 30.6 Å². The molecule has 1 saturated heterocycles. The van der Waals surface area contributed by atoms with Crippen molar-refractivity contribution < 1.29 is 4.79 Å². The number of benzene rings is 1. The van der Waals surface area contributed by atoms with Crippen LogP contribution in [0.1, 0.15) is 36.0 Å². The van der Waals surface area contributed by atoms with Crippen LogP contribution in [0, 0.1) is 0 Å². The summed E-state index contributed by atoms with van der Waals surface area (Å²) < 4.78 is 0. The molecule has 0 saturated carbocycles. The van der Waals surface area contributed by atoms with E-state index in [1.807, 2.05) is 23.1 Å². The zero-order valence-electron chi connectivity index (χ0n) is 11.3. The number of carbonyl (C=O) groups is 1. The van der Waals surface area contributed by atoms with E-state index in [-0.39, 0.29) is 18.3 Å². The lowest BCUT2D eigenvalue weighted by atomic mass is 10.1. The van der Waals surface area contributed by atoms with Crippen molar-refractivity contribution >= 4 is 29.3 Å². The van der Waals surface area contributed by atoms with E-state index in [1.54, 1.807) is 12.4 Å². The molecule has 4 nitrogen and oxygen atoms in total. The number of amides is 1. The van der Waals surface area contributed by atoms with Gasteiger partial charge in [0.2, 0.25) is 0 Å². The van der Waals surface area contributed by atoms with E-state index in [2.05, 4.69) is 9.97 Å². The van der Waals surface area contributed by atoms with Crippen LogP contribution in [0.4, 0.5) is 0 Å². The molecule has 1 aliphatic rings. The van der Waals surface area contributed by atoms with Gasteiger partial charge in [0.25, 0.3) is 5.91 Å². The highest BCUT2D eigenvalue weighted by atomic mass is 35.5. The second-order valence-electron chi connectivity index (χ2n) is 4.97. The standard InChI is InChI=1S/C15H17N3O.ClH/c19-15(18-9-3-1-2-4-10-18)12-5-6-13-14(11-12)17-8-7-16-13;/h5-8,11H,1-4,9-10H2;1H. The minimum atomic E-state index is 0. The van der Waals surface area contributed by atoms with Gasteiger partial charge in [-0.3, -0.25) is 14.8 Å². The minimum absolute atomic E-state index is 0. The van der Waals surface area contributed by atoms with Crippen molar-refractivity contribution in [3.8, 4) is 0 Å². The molecule has 0 spiro atoms. The van der Waals surface area contributed by atoms with Crippen molar-refractivity contribution in [1.29, 1.82) is 0 Å². The molecule has 0 N–H and O–H groups in total. The first-order chi connectivity index (χ1) is 9.34. The van der Waals surface area contributed by atoms with Gasteiger partial charge in [-0.15, -0.1) is 12.4 Å². The zero-order valence-corrected chi connectivity index (χ0v) is 12.1. The normalized spacial score (nSPS) is 15.5. The fourth-order valence-corrected chi connectivity index (χ4v) is 2.55. The monoisotopic (exact) mass is 291 g/mol. The number of halogens is 1.